The Morgan fingerprint density at radius 3 is 2.46 bits per heavy atom. The number of nitrogens with zero attached hydrogens (tertiary/aromatic N) is 2. The quantitative estimate of drug-likeness (QED) is 0.775. The van der Waals surface area contributed by atoms with E-state index < -0.39 is 0 Å². The van der Waals surface area contributed by atoms with Gasteiger partial charge in [0, 0.05) is 43.1 Å². The molecule has 3 heterocycles. The lowest BCUT2D eigenvalue weighted by Crippen LogP contribution is -2.49. The minimum absolute atomic E-state index is 0.205. The third-order valence-electron chi connectivity index (χ3n) is 5.27. The topological polar surface area (TPSA) is 42.4 Å². The second kappa shape index (κ2) is 8.12. The van der Waals surface area contributed by atoms with E-state index in [-0.39, 0.29) is 6.10 Å². The van der Waals surface area contributed by atoms with Crippen LogP contribution in [0.4, 0.5) is 0 Å². The average Bonchev–Trinajstić information content (AvgIpc) is 2.94. The molecule has 1 aromatic heterocycles. The van der Waals surface area contributed by atoms with Gasteiger partial charge >= 0.3 is 0 Å². The molecule has 5 heteroatoms. The van der Waals surface area contributed by atoms with Crippen LogP contribution in [0.2, 0.25) is 0 Å². The van der Waals surface area contributed by atoms with E-state index in [4.69, 9.17) is 4.74 Å². The van der Waals surface area contributed by atoms with Crippen molar-refractivity contribution in [3.05, 3.63) is 60.4 Å². The number of hydrogen-bond acceptors (Lipinski definition) is 4. The summed E-state index contributed by atoms with van der Waals surface area (Å²) in [5.74, 6) is 2.63. The van der Waals surface area contributed by atoms with Crippen LogP contribution in [0.1, 0.15) is 31.2 Å². The molecule has 26 heavy (non-hydrogen) atoms. The molecule has 2 bridgehead atoms. The number of amides is 1. The van der Waals surface area contributed by atoms with Crippen LogP contribution >= 0.6 is 11.8 Å². The monoisotopic (exact) mass is 368 g/mol. The van der Waals surface area contributed by atoms with Crippen LogP contribution in [-0.2, 0) is 10.5 Å². The molecule has 4 rings (SSSR count). The van der Waals surface area contributed by atoms with E-state index >= 15 is 0 Å². The Balaban J connectivity index is 1.29. The summed E-state index contributed by atoms with van der Waals surface area (Å²) in [4.78, 5) is 19.0. The molecule has 2 aliphatic rings. The van der Waals surface area contributed by atoms with E-state index in [2.05, 4.69) is 22.0 Å². The van der Waals surface area contributed by atoms with Gasteiger partial charge in [-0.05, 0) is 30.5 Å². The van der Waals surface area contributed by atoms with Crippen molar-refractivity contribution in [1.29, 1.82) is 0 Å². The van der Waals surface area contributed by atoms with Crippen LogP contribution in [0, 0.1) is 0 Å². The summed E-state index contributed by atoms with van der Waals surface area (Å²) < 4.78 is 6.12. The number of hydrogen-bond donors (Lipinski definition) is 0. The minimum Gasteiger partial charge on any atom is -0.490 e. The van der Waals surface area contributed by atoms with Crippen molar-refractivity contribution < 1.29 is 9.53 Å². The van der Waals surface area contributed by atoms with Gasteiger partial charge in [0.15, 0.2) is 0 Å². The highest BCUT2D eigenvalue weighted by atomic mass is 32.2. The number of pyridine rings is 1. The molecule has 2 fully saturated rings. The Kier molecular flexibility index (Phi) is 5.44. The zero-order valence-electron chi connectivity index (χ0n) is 14.8. The predicted octanol–water partition coefficient (Wildman–Crippen LogP) is 3.92. The van der Waals surface area contributed by atoms with Gasteiger partial charge in [0.05, 0.1) is 5.75 Å². The van der Waals surface area contributed by atoms with Crippen molar-refractivity contribution >= 4 is 17.7 Å². The highest BCUT2D eigenvalue weighted by Crippen LogP contribution is 2.37. The van der Waals surface area contributed by atoms with Gasteiger partial charge in [0.1, 0.15) is 11.9 Å². The summed E-state index contributed by atoms with van der Waals surface area (Å²) in [6, 6.07) is 14.8. The number of ether oxygens (including phenoxy) is 1. The lowest BCUT2D eigenvalue weighted by atomic mass is 9.99. The second-order valence-electron chi connectivity index (χ2n) is 7.06. The molecule has 2 aliphatic heterocycles. The van der Waals surface area contributed by atoms with E-state index in [9.17, 15) is 4.79 Å². The van der Waals surface area contributed by atoms with Crippen molar-refractivity contribution in [1.82, 2.24) is 9.88 Å². The first-order chi connectivity index (χ1) is 12.8. The molecule has 2 unspecified atom stereocenters. The number of carbonyl (C=O) groups is 1. The lowest BCUT2D eigenvalue weighted by Gasteiger charge is -2.39. The third kappa shape index (κ3) is 4.04. The van der Waals surface area contributed by atoms with Crippen molar-refractivity contribution in [2.45, 2.75) is 49.6 Å². The molecule has 0 N–H and O–H groups in total. The molecule has 136 valence electrons. The zero-order chi connectivity index (χ0) is 17.8. The standard InChI is InChI=1S/C21H24N2O2S/c24-21(15-26-14-16-4-2-1-3-5-16)23-17-6-7-18(23)13-20(12-17)25-19-8-10-22-11-9-19/h1-5,8-11,17-18,20H,6-7,12-15H2. The highest BCUT2D eigenvalue weighted by Gasteiger charge is 2.43. The number of carbonyl (C=O) groups excluding carboxylic acids is 1. The first-order valence-corrected chi connectivity index (χ1v) is 10.4. The van der Waals surface area contributed by atoms with Crippen LogP contribution in [0.15, 0.2) is 54.9 Å². The number of benzene rings is 1. The fraction of sp³-hybridized carbons (Fsp3) is 0.429. The van der Waals surface area contributed by atoms with E-state index in [1.807, 2.05) is 30.3 Å². The van der Waals surface area contributed by atoms with Crippen molar-refractivity contribution in [3.8, 4) is 5.75 Å². The normalized spacial score (nSPS) is 24.5. The summed E-state index contributed by atoms with van der Waals surface area (Å²) >= 11 is 1.71. The first kappa shape index (κ1) is 17.4. The van der Waals surface area contributed by atoms with Gasteiger partial charge in [-0.2, -0.15) is 0 Å². The average molecular weight is 369 g/mol. The molecule has 1 amide bonds. The van der Waals surface area contributed by atoms with E-state index in [1.165, 1.54) is 5.56 Å². The largest absolute Gasteiger partial charge is 0.490 e. The minimum atomic E-state index is 0.205. The van der Waals surface area contributed by atoms with Crippen molar-refractivity contribution in [3.63, 3.8) is 0 Å². The molecule has 2 atom stereocenters. The summed E-state index contributed by atoms with van der Waals surface area (Å²) in [5, 5.41) is 0. The van der Waals surface area contributed by atoms with Gasteiger partial charge in [-0.3, -0.25) is 9.78 Å². The van der Waals surface area contributed by atoms with Gasteiger partial charge in [0.25, 0.3) is 0 Å². The summed E-state index contributed by atoms with van der Waals surface area (Å²) in [7, 11) is 0. The molecule has 2 saturated heterocycles. The van der Waals surface area contributed by atoms with Crippen LogP contribution in [0.25, 0.3) is 0 Å². The summed E-state index contributed by atoms with van der Waals surface area (Å²) in [6.45, 7) is 0. The van der Waals surface area contributed by atoms with Gasteiger partial charge in [-0.1, -0.05) is 30.3 Å². The molecular formula is C21H24N2O2S. The van der Waals surface area contributed by atoms with Gasteiger partial charge < -0.3 is 9.64 Å². The third-order valence-corrected chi connectivity index (χ3v) is 6.26. The fourth-order valence-corrected chi connectivity index (χ4v) is 5.00. The van der Waals surface area contributed by atoms with Crippen LogP contribution < -0.4 is 4.74 Å². The Morgan fingerprint density at radius 1 is 1.08 bits per heavy atom. The summed E-state index contributed by atoms with van der Waals surface area (Å²) in [6.07, 6.45) is 7.81. The number of thioether (sulfide) groups is 1. The maximum Gasteiger partial charge on any atom is 0.233 e. The number of rotatable bonds is 6. The van der Waals surface area contributed by atoms with Crippen molar-refractivity contribution in [2.75, 3.05) is 5.75 Å². The van der Waals surface area contributed by atoms with E-state index in [0.29, 0.717) is 23.7 Å². The smallest absolute Gasteiger partial charge is 0.233 e. The molecule has 0 radical (unpaired) electrons. The van der Waals surface area contributed by atoms with Gasteiger partial charge in [-0.15, -0.1) is 11.8 Å². The molecular weight excluding hydrogens is 344 g/mol. The maximum absolute atomic E-state index is 12.8. The molecule has 2 aromatic rings. The molecule has 0 spiro atoms. The fourth-order valence-electron chi connectivity index (χ4n) is 4.14. The molecule has 4 nitrogen and oxygen atoms in total. The number of aromatic nitrogens is 1. The molecule has 0 aliphatic carbocycles. The Hall–Kier alpha value is -2.01. The first-order valence-electron chi connectivity index (χ1n) is 9.29. The molecule has 1 aromatic carbocycles. The summed E-state index contributed by atoms with van der Waals surface area (Å²) in [5.41, 5.74) is 1.28. The number of fused-ring (bicyclic) bond motifs is 2. The van der Waals surface area contributed by atoms with E-state index in [1.54, 1.807) is 24.2 Å². The van der Waals surface area contributed by atoms with E-state index in [0.717, 1.165) is 37.2 Å². The Bertz CT molecular complexity index is 711. The lowest BCUT2D eigenvalue weighted by molar-refractivity contribution is -0.134. The van der Waals surface area contributed by atoms with Crippen LogP contribution in [-0.4, -0.2) is 39.7 Å². The van der Waals surface area contributed by atoms with Gasteiger partial charge in [-0.25, -0.2) is 0 Å². The van der Waals surface area contributed by atoms with Gasteiger partial charge in [0.2, 0.25) is 5.91 Å². The Morgan fingerprint density at radius 2 is 1.77 bits per heavy atom. The second-order valence-corrected chi connectivity index (χ2v) is 8.04. The Labute approximate surface area is 159 Å². The van der Waals surface area contributed by atoms with Crippen LogP contribution in [0.5, 0.6) is 5.75 Å². The predicted molar refractivity (Wildman–Crippen MR) is 104 cm³/mol. The van der Waals surface area contributed by atoms with Crippen LogP contribution in [0.3, 0.4) is 0 Å². The maximum atomic E-state index is 12.8. The highest BCUT2D eigenvalue weighted by molar-refractivity contribution is 7.99. The SMILES string of the molecule is O=C(CSCc1ccccc1)N1C2CCC1CC(Oc1ccncc1)C2. The zero-order valence-corrected chi connectivity index (χ0v) is 15.6. The number of piperidine rings is 1. The van der Waals surface area contributed by atoms with Crippen molar-refractivity contribution in [2.24, 2.45) is 0 Å². The molecule has 0 saturated carbocycles.